The third-order valence-corrected chi connectivity index (χ3v) is 14.8. The van der Waals surface area contributed by atoms with E-state index < -0.39 is 35.3 Å². The summed E-state index contributed by atoms with van der Waals surface area (Å²) in [6, 6.07) is 6.21. The largest absolute Gasteiger partial charge is 0.487 e. The molecule has 356 valence electrons. The van der Waals surface area contributed by atoms with Crippen molar-refractivity contribution in [3.05, 3.63) is 74.8 Å². The Morgan fingerprint density at radius 2 is 1.63 bits per heavy atom. The number of anilines is 3. The SMILES string of the molecule is CC(=O)c1c(C)c2cnc(Nc3ccc(N4CCN(CCOCCC(=O)N5CCC6(CCc7cc8c(cc7O6)C(=O)N(C6CCC(=O)NC6=O)C8=O)CC5)CC4)cn3)nc2n(C2CCCC2)c1=O. The highest BCUT2D eigenvalue weighted by atomic mass is 16.5. The van der Waals surface area contributed by atoms with E-state index in [2.05, 4.69) is 30.4 Å². The van der Waals surface area contributed by atoms with Crippen LogP contribution in [0.4, 0.5) is 17.5 Å². The fourth-order valence-electron chi connectivity index (χ4n) is 10.9. The lowest BCUT2D eigenvalue weighted by Gasteiger charge is -2.44. The molecule has 10 rings (SSSR count). The first kappa shape index (κ1) is 45.2. The van der Waals surface area contributed by atoms with Gasteiger partial charge in [-0.05, 0) is 81.3 Å². The normalized spacial score (nSPS) is 20.7. The standard InChI is InChI=1S/C49H56N10O9/c1-29-36-28-51-48(54-43(36)58(32-5-3-4-6-32)47(66)42(29)30(2)60)52-39-9-7-33(27-50-39)56-20-18-55(19-21-56)22-24-67-23-12-41(62)57-16-14-49(15-17-57)13-11-31-25-34-35(26-38(31)68-49)46(65)59(45(34)64)37-8-10-40(61)53-44(37)63/h7,9,25-28,32,37H,3-6,8,10-24H2,1-2H3,(H,53,61,63)(H,50,51,52,54). The average Bonchev–Trinajstić information content (AvgIpc) is 3.94. The van der Waals surface area contributed by atoms with E-state index in [9.17, 15) is 33.6 Å². The number of nitrogens with one attached hydrogen (secondary N) is 2. The summed E-state index contributed by atoms with van der Waals surface area (Å²) in [5.74, 6) is -0.895. The molecule has 1 unspecified atom stereocenters. The van der Waals surface area contributed by atoms with Crippen molar-refractivity contribution in [1.29, 1.82) is 0 Å². The number of carbonyl (C=O) groups excluding carboxylic acids is 6. The molecule has 8 heterocycles. The Morgan fingerprint density at radius 1 is 0.882 bits per heavy atom. The number of carbonyl (C=O) groups is 6. The van der Waals surface area contributed by atoms with Crippen molar-refractivity contribution in [3.63, 3.8) is 0 Å². The van der Waals surface area contributed by atoms with E-state index in [0.717, 1.165) is 81.0 Å². The molecule has 3 aromatic heterocycles. The number of imide groups is 2. The van der Waals surface area contributed by atoms with Gasteiger partial charge in [-0.3, -0.25) is 53.2 Å². The lowest BCUT2D eigenvalue weighted by molar-refractivity contribution is -0.137. The quantitative estimate of drug-likeness (QED) is 0.117. The molecule has 19 heteroatoms. The summed E-state index contributed by atoms with van der Waals surface area (Å²) in [7, 11) is 0. The molecule has 1 atom stereocenters. The van der Waals surface area contributed by atoms with Gasteiger partial charge < -0.3 is 24.6 Å². The molecule has 4 aromatic rings. The second kappa shape index (κ2) is 18.5. The van der Waals surface area contributed by atoms with Gasteiger partial charge in [0.2, 0.25) is 23.7 Å². The Morgan fingerprint density at radius 3 is 2.34 bits per heavy atom. The number of Topliss-reactive ketones (excluding diaryl/α,β-unsaturated/α-hetero) is 1. The molecule has 1 aliphatic carbocycles. The first-order chi connectivity index (χ1) is 32.9. The van der Waals surface area contributed by atoms with Crippen molar-refractivity contribution >= 4 is 63.8 Å². The Labute approximate surface area is 392 Å². The topological polar surface area (TPSA) is 219 Å². The first-order valence-corrected chi connectivity index (χ1v) is 23.9. The third-order valence-electron chi connectivity index (χ3n) is 14.8. The van der Waals surface area contributed by atoms with Gasteiger partial charge in [0, 0.05) is 82.7 Å². The van der Waals surface area contributed by atoms with Crippen molar-refractivity contribution in [2.45, 2.75) is 102 Å². The number of rotatable bonds is 12. The Balaban J connectivity index is 0.648. The van der Waals surface area contributed by atoms with Crippen molar-refractivity contribution in [2.75, 3.05) is 69.2 Å². The van der Waals surface area contributed by atoms with Crippen LogP contribution in [0.15, 0.2) is 41.5 Å². The van der Waals surface area contributed by atoms with Crippen molar-refractivity contribution in [3.8, 4) is 5.75 Å². The molecule has 1 saturated carbocycles. The monoisotopic (exact) mass is 928 g/mol. The van der Waals surface area contributed by atoms with Gasteiger partial charge in [-0.2, -0.15) is 4.98 Å². The van der Waals surface area contributed by atoms with Crippen molar-refractivity contribution in [2.24, 2.45) is 0 Å². The van der Waals surface area contributed by atoms with Crippen molar-refractivity contribution in [1.82, 2.24) is 39.5 Å². The third kappa shape index (κ3) is 8.61. The maximum atomic E-state index is 13.6. The van der Waals surface area contributed by atoms with Crippen LogP contribution < -0.4 is 25.8 Å². The molecule has 4 fully saturated rings. The average molecular weight is 929 g/mol. The maximum absolute atomic E-state index is 13.6. The van der Waals surface area contributed by atoms with E-state index >= 15 is 0 Å². The van der Waals surface area contributed by atoms with Crippen LogP contribution in [-0.2, 0) is 25.5 Å². The molecular formula is C49H56N10O9. The Kier molecular flexibility index (Phi) is 12.3. The van der Waals surface area contributed by atoms with Crippen LogP contribution in [0, 0.1) is 6.92 Å². The Hall–Kier alpha value is -6.60. The van der Waals surface area contributed by atoms with Crippen LogP contribution in [0.25, 0.3) is 11.0 Å². The number of hydrogen-bond acceptors (Lipinski definition) is 15. The van der Waals surface area contributed by atoms with Crippen molar-refractivity contribution < 1.29 is 38.2 Å². The van der Waals surface area contributed by atoms with E-state index in [1.807, 2.05) is 23.2 Å². The smallest absolute Gasteiger partial charge is 0.263 e. The van der Waals surface area contributed by atoms with E-state index in [0.29, 0.717) is 86.1 Å². The number of ketones is 1. The number of aryl methyl sites for hydroxylation is 2. The molecule has 5 amide bonds. The maximum Gasteiger partial charge on any atom is 0.263 e. The fraction of sp³-hybridized carbons (Fsp3) is 0.510. The zero-order chi connectivity index (χ0) is 47.3. The molecule has 0 radical (unpaired) electrons. The molecule has 2 N–H and O–H groups in total. The van der Waals surface area contributed by atoms with Crippen LogP contribution in [0.5, 0.6) is 5.75 Å². The van der Waals surface area contributed by atoms with Gasteiger partial charge >= 0.3 is 0 Å². The van der Waals surface area contributed by atoms with Gasteiger partial charge in [-0.25, -0.2) is 9.97 Å². The van der Waals surface area contributed by atoms with Gasteiger partial charge in [0.15, 0.2) is 5.78 Å². The van der Waals surface area contributed by atoms with Gasteiger partial charge in [-0.1, -0.05) is 12.8 Å². The number of amides is 5. The molecule has 6 aliphatic rings. The minimum absolute atomic E-state index is 0.00313. The lowest BCUT2D eigenvalue weighted by atomic mass is 9.82. The molecule has 5 aliphatic heterocycles. The predicted molar refractivity (Wildman–Crippen MR) is 248 cm³/mol. The number of hydrogen-bond donors (Lipinski definition) is 2. The number of nitrogens with zero attached hydrogens (tertiary/aromatic N) is 8. The van der Waals surface area contributed by atoms with Crippen LogP contribution in [0.1, 0.15) is 119 Å². The second-order valence-corrected chi connectivity index (χ2v) is 18.9. The summed E-state index contributed by atoms with van der Waals surface area (Å²) in [4.78, 5) is 112. The van der Waals surface area contributed by atoms with Gasteiger partial charge in [0.1, 0.15) is 28.9 Å². The molecule has 0 bridgehead atoms. The molecular weight excluding hydrogens is 873 g/mol. The van der Waals surface area contributed by atoms with Crippen LogP contribution in [0.2, 0.25) is 0 Å². The highest BCUT2D eigenvalue weighted by molar-refractivity contribution is 6.23. The Bertz CT molecular complexity index is 2770. The number of pyridine rings is 2. The second-order valence-electron chi connectivity index (χ2n) is 18.9. The summed E-state index contributed by atoms with van der Waals surface area (Å²) in [5, 5.41) is 6.13. The van der Waals surface area contributed by atoms with Crippen LogP contribution in [-0.4, -0.2) is 140 Å². The zero-order valence-electron chi connectivity index (χ0n) is 38.5. The molecule has 3 saturated heterocycles. The zero-order valence-corrected chi connectivity index (χ0v) is 38.5. The minimum Gasteiger partial charge on any atom is -0.487 e. The van der Waals surface area contributed by atoms with E-state index in [1.165, 1.54) is 6.92 Å². The van der Waals surface area contributed by atoms with Crippen LogP contribution in [0.3, 0.4) is 0 Å². The summed E-state index contributed by atoms with van der Waals surface area (Å²) >= 11 is 0. The summed E-state index contributed by atoms with van der Waals surface area (Å²) < 4.78 is 14.2. The number of benzene rings is 1. The first-order valence-electron chi connectivity index (χ1n) is 23.9. The number of aromatic nitrogens is 4. The predicted octanol–water partition coefficient (Wildman–Crippen LogP) is 3.87. The van der Waals surface area contributed by atoms with Crippen LogP contribution >= 0.6 is 0 Å². The number of piperazine rings is 1. The molecule has 19 nitrogen and oxygen atoms in total. The summed E-state index contributed by atoms with van der Waals surface area (Å²) in [5.41, 5.74) is 2.87. The van der Waals surface area contributed by atoms with E-state index in [1.54, 1.807) is 29.8 Å². The van der Waals surface area contributed by atoms with Gasteiger partial charge in [-0.15, -0.1) is 0 Å². The van der Waals surface area contributed by atoms with E-state index in [-0.39, 0.29) is 52.8 Å². The minimum atomic E-state index is -1.03. The molecule has 1 aromatic carbocycles. The summed E-state index contributed by atoms with van der Waals surface area (Å²) in [6.07, 6.45) is 10.4. The lowest BCUT2D eigenvalue weighted by Crippen LogP contribution is -2.54. The number of piperidine rings is 2. The molecule has 1 spiro atoms. The number of fused-ring (bicyclic) bond motifs is 3. The molecule has 68 heavy (non-hydrogen) atoms. The summed E-state index contributed by atoms with van der Waals surface area (Å²) in [6.45, 7) is 9.33. The fourth-order valence-corrected chi connectivity index (χ4v) is 10.9. The number of ether oxygens (including phenoxy) is 2. The van der Waals surface area contributed by atoms with Gasteiger partial charge in [0.05, 0.1) is 48.2 Å². The van der Waals surface area contributed by atoms with E-state index in [4.69, 9.17) is 14.5 Å². The van der Waals surface area contributed by atoms with Gasteiger partial charge in [0.25, 0.3) is 17.4 Å². The highest BCUT2D eigenvalue weighted by Gasteiger charge is 2.47. The number of likely N-dealkylation sites (tertiary alicyclic amines) is 1. The highest BCUT2D eigenvalue weighted by Crippen LogP contribution is 2.42.